The summed E-state index contributed by atoms with van der Waals surface area (Å²) in [7, 11) is 13.8. The number of aromatic nitrogens is 2. The number of nitrogens with zero attached hydrogens (tertiary/aromatic N) is 3. The first-order valence-electron chi connectivity index (χ1n) is 12.5. The number of hydrogen-bond acceptors (Lipinski definition) is 5. The molecule has 2 amide bonds. The number of pyridine rings is 1. The van der Waals surface area contributed by atoms with E-state index in [1.165, 1.54) is 0 Å². The largest absolute Gasteiger partial charge is 0.441 e. The van der Waals surface area contributed by atoms with Crippen LogP contribution in [-0.4, -0.2) is 93.1 Å². The molecule has 4 rings (SSSR count). The van der Waals surface area contributed by atoms with Gasteiger partial charge in [0.25, 0.3) is 0 Å². The summed E-state index contributed by atoms with van der Waals surface area (Å²) in [6.07, 6.45) is 5.40. The van der Waals surface area contributed by atoms with Gasteiger partial charge in [-0.25, -0.2) is 14.8 Å². The summed E-state index contributed by atoms with van der Waals surface area (Å²) in [4.78, 5) is 23.5. The Morgan fingerprint density at radius 2 is 1.71 bits per heavy atom. The fourth-order valence-electron chi connectivity index (χ4n) is 5.33. The topological polar surface area (TPSA) is 83.3 Å². The van der Waals surface area contributed by atoms with Crippen LogP contribution in [0.1, 0.15) is 18.7 Å². The lowest BCUT2D eigenvalue weighted by molar-refractivity contribution is 0.185. The monoisotopic (exact) mass is 465 g/mol. The van der Waals surface area contributed by atoms with Gasteiger partial charge in [-0.05, 0) is 36.4 Å². The molecule has 0 spiro atoms. The van der Waals surface area contributed by atoms with E-state index in [4.69, 9.17) is 4.42 Å². The lowest BCUT2D eigenvalue weighted by atomic mass is 9.27. The highest BCUT2D eigenvalue weighted by Crippen LogP contribution is 2.32. The molecule has 7 nitrogen and oxygen atoms in total. The van der Waals surface area contributed by atoms with Crippen molar-refractivity contribution in [2.45, 2.75) is 42.1 Å². The molecule has 0 bridgehead atoms. The van der Waals surface area contributed by atoms with Crippen LogP contribution in [0.4, 0.5) is 10.6 Å². The molecule has 0 aliphatic carbocycles. The van der Waals surface area contributed by atoms with Crippen molar-refractivity contribution in [3.05, 3.63) is 42.5 Å². The lowest BCUT2D eigenvalue weighted by Gasteiger charge is -2.46. The van der Waals surface area contributed by atoms with Gasteiger partial charge in [-0.3, -0.25) is 5.32 Å². The molecule has 2 aromatic heterocycles. The second kappa shape index (κ2) is 9.84. The number of amides is 2. The second-order valence-corrected chi connectivity index (χ2v) is 11.9. The maximum atomic E-state index is 13.0. The third kappa shape index (κ3) is 6.18. The molecular weight excluding hydrogens is 431 g/mol. The summed E-state index contributed by atoms with van der Waals surface area (Å²) in [5.41, 5.74) is 0.944. The van der Waals surface area contributed by atoms with Gasteiger partial charge in [0.15, 0.2) is 11.7 Å². The zero-order valence-corrected chi connectivity index (χ0v) is 22.1. The van der Waals surface area contributed by atoms with Crippen LogP contribution in [0.2, 0.25) is 10.2 Å². The molecule has 0 saturated carbocycles. The number of carbonyl (C=O) groups is 1. The van der Waals surface area contributed by atoms with Gasteiger partial charge in [-0.2, -0.15) is 0 Å². The number of piperidine rings is 1. The van der Waals surface area contributed by atoms with E-state index < -0.39 is 0 Å². The quantitative estimate of drug-likeness (QED) is 0.417. The molecule has 176 valence electrons. The summed E-state index contributed by atoms with van der Waals surface area (Å²) in [6, 6.07) is 8.65. The Kier molecular flexibility index (Phi) is 7.18. The third-order valence-corrected chi connectivity index (χ3v) is 6.78. The van der Waals surface area contributed by atoms with E-state index in [-0.39, 0.29) is 16.3 Å². The molecule has 0 radical (unpaired) electrons. The second-order valence-electron chi connectivity index (χ2n) is 11.9. The molecule has 1 aliphatic rings. The first-order valence-corrected chi connectivity index (χ1v) is 12.5. The van der Waals surface area contributed by atoms with Crippen LogP contribution >= 0.6 is 0 Å². The van der Waals surface area contributed by atoms with Crippen LogP contribution in [-0.2, 0) is 0 Å². The summed E-state index contributed by atoms with van der Waals surface area (Å²) in [5.74, 6) is 1.91. The Bertz CT molecular complexity index is 1190. The van der Waals surface area contributed by atoms with Crippen molar-refractivity contribution in [1.82, 2.24) is 20.2 Å². The molecule has 0 unspecified atom stereocenters. The van der Waals surface area contributed by atoms with Crippen LogP contribution in [0.15, 0.2) is 41.1 Å². The maximum Gasteiger partial charge on any atom is 0.323 e. The van der Waals surface area contributed by atoms with Gasteiger partial charge >= 0.3 is 6.03 Å². The first kappa shape index (κ1) is 25.5. The lowest BCUT2D eigenvalue weighted by Crippen LogP contribution is -2.57. The smallest absolute Gasteiger partial charge is 0.323 e. The van der Waals surface area contributed by atoms with Crippen molar-refractivity contribution in [1.29, 1.82) is 0 Å². The molecule has 2 N–H and O–H groups in total. The van der Waals surface area contributed by atoms with E-state index in [0.717, 1.165) is 48.0 Å². The van der Waals surface area contributed by atoms with Crippen molar-refractivity contribution in [3.8, 4) is 11.3 Å². The summed E-state index contributed by atoms with van der Waals surface area (Å²) < 4.78 is 5.65. The number of benzene rings is 1. The molecule has 0 atom stereocenters. The number of nitrogens with one attached hydrogen (secondary N) is 2. The Balaban J connectivity index is 1.38. The van der Waals surface area contributed by atoms with E-state index in [9.17, 15) is 4.79 Å². The standard InChI is InChI=1S/C22H33B6N5O2/c1-12-29-11-17(35-12)13-2-3-14-10-30-18(9-15(14)8-13)32-20(34)33-6-4-16(5-7-33)31-19(21(23,24)25)22(26,27)28/h2-3,8-11,16,19,31H,4-7,23-28H2,1H3,(H,30,32,34). The molecule has 3 aromatic rings. The van der Waals surface area contributed by atoms with E-state index in [0.29, 0.717) is 23.8 Å². The number of carbonyl (C=O) groups excluding carboxylic acids is 1. The SMILES string of the molecule is BC(B)(B)C(NC1CCN(C(=O)Nc2cc3cc(-c4cnc(C)o4)ccc3cn2)CC1)C(B)(B)B. The van der Waals surface area contributed by atoms with Gasteiger partial charge in [0.1, 0.15) is 5.82 Å². The van der Waals surface area contributed by atoms with E-state index >= 15 is 0 Å². The summed E-state index contributed by atoms with van der Waals surface area (Å²) >= 11 is 0. The van der Waals surface area contributed by atoms with Crippen LogP contribution in [0.3, 0.4) is 0 Å². The molecule has 3 heterocycles. The number of fused-ring (bicyclic) bond motifs is 1. The van der Waals surface area contributed by atoms with Gasteiger partial charge < -0.3 is 14.6 Å². The zero-order valence-electron chi connectivity index (χ0n) is 22.1. The third-order valence-electron chi connectivity index (χ3n) is 6.78. The molecular formula is C22H33B6N5O2. The molecule has 1 aromatic carbocycles. The minimum absolute atomic E-state index is 0.0968. The fourth-order valence-corrected chi connectivity index (χ4v) is 5.33. The Morgan fingerprint density at radius 3 is 2.31 bits per heavy atom. The minimum Gasteiger partial charge on any atom is -0.441 e. The van der Waals surface area contributed by atoms with Gasteiger partial charge in [0, 0.05) is 43.2 Å². The number of aryl methyl sites for hydroxylation is 1. The molecule has 1 aliphatic heterocycles. The van der Waals surface area contributed by atoms with E-state index in [1.807, 2.05) is 36.1 Å². The van der Waals surface area contributed by atoms with Crippen molar-refractivity contribution < 1.29 is 9.21 Å². The number of urea groups is 1. The number of hydrogen-bond donors (Lipinski definition) is 2. The van der Waals surface area contributed by atoms with Crippen molar-refractivity contribution in [2.75, 3.05) is 18.4 Å². The van der Waals surface area contributed by atoms with Gasteiger partial charge in [0.2, 0.25) is 0 Å². The Morgan fingerprint density at radius 1 is 1.03 bits per heavy atom. The van der Waals surface area contributed by atoms with E-state index in [2.05, 4.69) is 67.7 Å². The Labute approximate surface area is 213 Å². The summed E-state index contributed by atoms with van der Waals surface area (Å²) in [6.45, 7) is 3.29. The van der Waals surface area contributed by atoms with Gasteiger partial charge in [-0.1, -0.05) is 22.4 Å². The number of likely N-dealkylation sites (tertiary alicyclic amines) is 1. The highest BCUT2D eigenvalue weighted by molar-refractivity contribution is 6.64. The highest BCUT2D eigenvalue weighted by atomic mass is 16.4. The van der Waals surface area contributed by atoms with Gasteiger partial charge in [0.05, 0.1) is 53.3 Å². The van der Waals surface area contributed by atoms with Crippen molar-refractivity contribution in [3.63, 3.8) is 0 Å². The molecule has 35 heavy (non-hydrogen) atoms. The molecule has 1 saturated heterocycles. The van der Waals surface area contributed by atoms with Crippen LogP contribution in [0.5, 0.6) is 0 Å². The number of rotatable bonds is 6. The van der Waals surface area contributed by atoms with Crippen molar-refractivity contribution in [2.24, 2.45) is 0 Å². The van der Waals surface area contributed by atoms with Gasteiger partial charge in [-0.15, -0.1) is 0 Å². The van der Waals surface area contributed by atoms with Crippen LogP contribution in [0, 0.1) is 6.92 Å². The average molecular weight is 464 g/mol. The van der Waals surface area contributed by atoms with Crippen molar-refractivity contribution >= 4 is 69.7 Å². The predicted octanol–water partition coefficient (Wildman–Crippen LogP) is -1.90. The maximum absolute atomic E-state index is 13.0. The fraction of sp³-hybridized carbons (Fsp3) is 0.409. The van der Waals surface area contributed by atoms with Crippen LogP contribution in [0.25, 0.3) is 22.1 Å². The average Bonchev–Trinajstić information content (AvgIpc) is 3.22. The normalized spacial score (nSPS) is 15.5. The zero-order chi connectivity index (χ0) is 25.4. The predicted molar refractivity (Wildman–Crippen MR) is 159 cm³/mol. The number of oxazole rings is 1. The van der Waals surface area contributed by atoms with E-state index in [1.54, 1.807) is 12.4 Å². The Hall–Kier alpha value is -2.54. The highest BCUT2D eigenvalue weighted by Gasteiger charge is 2.36. The molecule has 13 heteroatoms. The van der Waals surface area contributed by atoms with Crippen LogP contribution < -0.4 is 10.6 Å². The molecule has 1 fully saturated rings. The number of anilines is 1. The summed E-state index contributed by atoms with van der Waals surface area (Å²) in [5, 5.41) is 9.22. The minimum atomic E-state index is -0.0968. The first-order chi connectivity index (χ1) is 16.4.